The minimum Gasteiger partial charge on any atom is -0.302 e. The largest absolute Gasteiger partial charge is 0.302 e. The lowest BCUT2D eigenvalue weighted by Crippen LogP contribution is -2.27. The van der Waals surface area contributed by atoms with Crippen molar-refractivity contribution in [3.8, 4) is 0 Å². The lowest BCUT2D eigenvalue weighted by molar-refractivity contribution is -0.122. The average molecular weight is 370 g/mol. The van der Waals surface area contributed by atoms with Gasteiger partial charge in [-0.1, -0.05) is 30.4 Å². The van der Waals surface area contributed by atoms with Crippen molar-refractivity contribution in [2.75, 3.05) is 0 Å². The molecule has 0 radical (unpaired) electrons. The van der Waals surface area contributed by atoms with E-state index in [-0.39, 0.29) is 0 Å². The third-order valence-corrected chi connectivity index (χ3v) is 5.07. The molecule has 2 nitrogen and oxygen atoms in total. The summed E-state index contributed by atoms with van der Waals surface area (Å²) in [6, 6.07) is 5.67. The molecule has 1 aliphatic carbocycles. The highest BCUT2D eigenvalue weighted by Crippen LogP contribution is 2.42. The van der Waals surface area contributed by atoms with Crippen LogP contribution in [0.25, 0.3) is 5.57 Å². The van der Waals surface area contributed by atoms with Gasteiger partial charge in [0.1, 0.15) is 18.0 Å². The van der Waals surface area contributed by atoms with Crippen molar-refractivity contribution in [3.63, 3.8) is 0 Å². The topological polar surface area (TPSA) is 34.1 Å². The van der Waals surface area contributed by atoms with Crippen molar-refractivity contribution >= 4 is 50.0 Å². The molecule has 0 fully saturated rings. The predicted octanol–water partition coefficient (Wildman–Crippen LogP) is 3.94. The van der Waals surface area contributed by atoms with E-state index in [1.807, 2.05) is 36.4 Å². The van der Waals surface area contributed by atoms with Gasteiger partial charge in [-0.05, 0) is 55.5 Å². The SMILES string of the molecule is O=CC1(C=O)CC=CC=C1c1cccc(Br)c1Br. The number of hydrogen-bond acceptors (Lipinski definition) is 2. The van der Waals surface area contributed by atoms with E-state index in [1.54, 1.807) is 0 Å². The first-order valence-electron chi connectivity index (χ1n) is 5.39. The number of carbonyl (C=O) groups is 2. The summed E-state index contributed by atoms with van der Waals surface area (Å²) in [4.78, 5) is 22.7. The highest BCUT2D eigenvalue weighted by Gasteiger charge is 2.35. The molecule has 0 bridgehead atoms. The first-order chi connectivity index (χ1) is 8.64. The molecule has 0 unspecified atom stereocenters. The van der Waals surface area contributed by atoms with Gasteiger partial charge in [0.15, 0.2) is 0 Å². The Morgan fingerprint density at radius 1 is 1.17 bits per heavy atom. The second-order valence-electron chi connectivity index (χ2n) is 4.09. The Kier molecular flexibility index (Phi) is 3.97. The summed E-state index contributed by atoms with van der Waals surface area (Å²) < 4.78 is 1.74. The monoisotopic (exact) mass is 368 g/mol. The van der Waals surface area contributed by atoms with Crippen LogP contribution in [0.15, 0.2) is 45.4 Å². The van der Waals surface area contributed by atoms with Gasteiger partial charge in [-0.15, -0.1) is 0 Å². The van der Waals surface area contributed by atoms with Gasteiger partial charge in [-0.3, -0.25) is 0 Å². The van der Waals surface area contributed by atoms with Gasteiger partial charge in [0.25, 0.3) is 0 Å². The molecule has 0 atom stereocenters. The molecule has 0 heterocycles. The zero-order chi connectivity index (χ0) is 13.2. The van der Waals surface area contributed by atoms with Gasteiger partial charge in [-0.25, -0.2) is 0 Å². The molecule has 92 valence electrons. The quantitative estimate of drug-likeness (QED) is 0.597. The summed E-state index contributed by atoms with van der Waals surface area (Å²) in [6.07, 6.45) is 7.38. The Bertz CT molecular complexity index is 551. The zero-order valence-corrected chi connectivity index (χ0v) is 12.6. The zero-order valence-electron chi connectivity index (χ0n) is 9.40. The molecule has 1 aromatic rings. The van der Waals surface area contributed by atoms with Crippen molar-refractivity contribution in [2.24, 2.45) is 5.41 Å². The Morgan fingerprint density at radius 3 is 2.56 bits per heavy atom. The lowest BCUT2D eigenvalue weighted by atomic mass is 9.74. The van der Waals surface area contributed by atoms with Crippen molar-refractivity contribution < 1.29 is 9.59 Å². The molecule has 1 aliphatic rings. The Hall–Kier alpha value is -1.000. The van der Waals surface area contributed by atoms with Crippen molar-refractivity contribution in [2.45, 2.75) is 6.42 Å². The van der Waals surface area contributed by atoms with Crippen molar-refractivity contribution in [1.82, 2.24) is 0 Å². The number of halogens is 2. The highest BCUT2D eigenvalue weighted by molar-refractivity contribution is 9.13. The number of benzene rings is 1. The Balaban J connectivity index is 2.63. The molecule has 0 N–H and O–H groups in total. The molecular weight excluding hydrogens is 360 g/mol. The summed E-state index contributed by atoms with van der Waals surface area (Å²) >= 11 is 6.91. The summed E-state index contributed by atoms with van der Waals surface area (Å²) in [7, 11) is 0. The van der Waals surface area contributed by atoms with Crippen LogP contribution in [0.5, 0.6) is 0 Å². The van der Waals surface area contributed by atoms with Crippen LogP contribution in [0, 0.1) is 5.41 Å². The van der Waals surface area contributed by atoms with Crippen LogP contribution in [0.3, 0.4) is 0 Å². The van der Waals surface area contributed by atoms with Crippen LogP contribution < -0.4 is 0 Å². The molecular formula is C14H10Br2O2. The molecule has 0 amide bonds. The maximum atomic E-state index is 11.4. The van der Waals surface area contributed by atoms with E-state index in [1.165, 1.54) is 0 Å². The molecule has 18 heavy (non-hydrogen) atoms. The van der Waals surface area contributed by atoms with Crippen molar-refractivity contribution in [1.29, 1.82) is 0 Å². The molecule has 0 aromatic heterocycles. The minimum absolute atomic E-state index is 0.408. The van der Waals surface area contributed by atoms with E-state index >= 15 is 0 Å². The fraction of sp³-hybridized carbons (Fsp3) is 0.143. The van der Waals surface area contributed by atoms with Crippen molar-refractivity contribution in [3.05, 3.63) is 50.9 Å². The van der Waals surface area contributed by atoms with E-state index in [9.17, 15) is 9.59 Å². The minimum atomic E-state index is -1.07. The second kappa shape index (κ2) is 5.33. The van der Waals surface area contributed by atoms with Gasteiger partial charge in [0, 0.05) is 8.95 Å². The van der Waals surface area contributed by atoms with Crippen LogP contribution in [0.4, 0.5) is 0 Å². The third-order valence-electron chi connectivity index (χ3n) is 3.02. The van der Waals surface area contributed by atoms with Crippen LogP contribution >= 0.6 is 31.9 Å². The normalized spacial score (nSPS) is 17.1. The Labute approximate surface area is 122 Å². The number of rotatable bonds is 3. The first-order valence-corrected chi connectivity index (χ1v) is 6.97. The fourth-order valence-corrected chi connectivity index (χ4v) is 2.84. The summed E-state index contributed by atoms with van der Waals surface area (Å²) in [6.45, 7) is 0. The van der Waals surface area contributed by atoms with Gasteiger partial charge >= 0.3 is 0 Å². The van der Waals surface area contributed by atoms with Gasteiger partial charge in [-0.2, -0.15) is 0 Å². The first kappa shape index (κ1) is 13.4. The molecule has 0 saturated heterocycles. The third kappa shape index (κ3) is 2.15. The van der Waals surface area contributed by atoms with E-state index in [2.05, 4.69) is 31.9 Å². The average Bonchev–Trinajstić information content (AvgIpc) is 2.42. The standard InChI is InChI=1S/C14H10Br2O2/c15-12-6-3-4-10(13(12)16)11-5-1-2-7-14(11,8-17)9-18/h1-6,8-9H,7H2. The van der Waals surface area contributed by atoms with Gasteiger partial charge < -0.3 is 9.59 Å². The molecule has 0 spiro atoms. The van der Waals surface area contributed by atoms with Crippen LogP contribution in [-0.4, -0.2) is 12.6 Å². The molecule has 2 rings (SSSR count). The number of allylic oxidation sites excluding steroid dienone is 4. The number of hydrogen-bond donors (Lipinski definition) is 0. The predicted molar refractivity (Wildman–Crippen MR) is 78.1 cm³/mol. The van der Waals surface area contributed by atoms with Gasteiger partial charge in [0.05, 0.1) is 0 Å². The maximum absolute atomic E-state index is 11.4. The smallest absolute Gasteiger partial charge is 0.138 e. The molecule has 0 aliphatic heterocycles. The molecule has 1 aromatic carbocycles. The maximum Gasteiger partial charge on any atom is 0.138 e. The summed E-state index contributed by atoms with van der Waals surface area (Å²) in [5, 5.41) is 0. The Morgan fingerprint density at radius 2 is 1.89 bits per heavy atom. The number of carbonyl (C=O) groups excluding carboxylic acids is 2. The second-order valence-corrected chi connectivity index (χ2v) is 5.74. The van der Waals surface area contributed by atoms with E-state index < -0.39 is 5.41 Å². The summed E-state index contributed by atoms with van der Waals surface area (Å²) in [5.41, 5.74) is 0.508. The molecule has 0 saturated carbocycles. The van der Waals surface area contributed by atoms with E-state index in [0.29, 0.717) is 6.42 Å². The fourth-order valence-electron chi connectivity index (χ4n) is 2.00. The molecule has 4 heteroatoms. The van der Waals surface area contributed by atoms with Crippen LogP contribution in [0.1, 0.15) is 12.0 Å². The highest BCUT2D eigenvalue weighted by atomic mass is 79.9. The van der Waals surface area contributed by atoms with E-state index in [0.717, 1.165) is 32.7 Å². The number of aldehydes is 2. The lowest BCUT2D eigenvalue weighted by Gasteiger charge is -2.27. The van der Waals surface area contributed by atoms with Crippen LogP contribution in [-0.2, 0) is 9.59 Å². The van der Waals surface area contributed by atoms with Gasteiger partial charge in [0.2, 0.25) is 0 Å². The van der Waals surface area contributed by atoms with E-state index in [4.69, 9.17) is 0 Å². The van der Waals surface area contributed by atoms with Crippen LogP contribution in [0.2, 0.25) is 0 Å². The summed E-state index contributed by atoms with van der Waals surface area (Å²) in [5.74, 6) is 0.